The molecule has 6 heteroatoms. The lowest BCUT2D eigenvalue weighted by Gasteiger charge is -2.08. The van der Waals surface area contributed by atoms with E-state index in [1.165, 1.54) is 29.8 Å². The lowest BCUT2D eigenvalue weighted by molar-refractivity contribution is -0.384. The SMILES string of the molecule is O=C(Nc1ccc([N+](=O)[O-])cc1)c1ccc(OCCc2ccccc2)cc1. The smallest absolute Gasteiger partial charge is 0.269 e. The highest BCUT2D eigenvalue weighted by atomic mass is 16.6. The van der Waals surface area contributed by atoms with Gasteiger partial charge in [-0.05, 0) is 42.0 Å². The molecule has 0 radical (unpaired) electrons. The molecule has 1 N–H and O–H groups in total. The minimum atomic E-state index is -0.484. The Balaban J connectivity index is 1.53. The highest BCUT2D eigenvalue weighted by Crippen LogP contribution is 2.17. The molecular formula is C21H18N2O4. The second-order valence-corrected chi connectivity index (χ2v) is 5.87. The molecule has 0 fully saturated rings. The van der Waals surface area contributed by atoms with Crippen molar-refractivity contribution in [3.8, 4) is 5.75 Å². The maximum Gasteiger partial charge on any atom is 0.269 e. The van der Waals surface area contributed by atoms with Crippen LogP contribution in [-0.4, -0.2) is 17.4 Å². The summed E-state index contributed by atoms with van der Waals surface area (Å²) in [5.74, 6) is 0.400. The van der Waals surface area contributed by atoms with E-state index in [0.717, 1.165) is 6.42 Å². The summed E-state index contributed by atoms with van der Waals surface area (Å²) in [6.45, 7) is 0.554. The van der Waals surface area contributed by atoms with Gasteiger partial charge in [0.15, 0.2) is 0 Å². The van der Waals surface area contributed by atoms with Gasteiger partial charge in [0.2, 0.25) is 0 Å². The molecule has 0 aliphatic rings. The maximum absolute atomic E-state index is 12.3. The van der Waals surface area contributed by atoms with Gasteiger partial charge in [-0.25, -0.2) is 0 Å². The Bertz CT molecular complexity index is 907. The van der Waals surface area contributed by atoms with E-state index in [9.17, 15) is 14.9 Å². The van der Waals surface area contributed by atoms with E-state index in [1.807, 2.05) is 18.2 Å². The quantitative estimate of drug-likeness (QED) is 0.497. The number of benzene rings is 3. The van der Waals surface area contributed by atoms with E-state index in [4.69, 9.17) is 4.74 Å². The number of carbonyl (C=O) groups is 1. The first kappa shape index (κ1) is 18.1. The van der Waals surface area contributed by atoms with Crippen molar-refractivity contribution in [3.63, 3.8) is 0 Å². The zero-order valence-electron chi connectivity index (χ0n) is 14.5. The Kier molecular flexibility index (Phi) is 5.79. The molecule has 0 spiro atoms. The van der Waals surface area contributed by atoms with Crippen LogP contribution in [0.5, 0.6) is 5.75 Å². The van der Waals surface area contributed by atoms with Crippen LogP contribution in [0.1, 0.15) is 15.9 Å². The van der Waals surface area contributed by atoms with Crippen LogP contribution in [0.3, 0.4) is 0 Å². The predicted octanol–water partition coefficient (Wildman–Crippen LogP) is 4.47. The topological polar surface area (TPSA) is 81.5 Å². The Morgan fingerprint density at radius 1 is 0.926 bits per heavy atom. The highest BCUT2D eigenvalue weighted by Gasteiger charge is 2.08. The van der Waals surface area contributed by atoms with Gasteiger partial charge in [0.25, 0.3) is 11.6 Å². The van der Waals surface area contributed by atoms with Crippen molar-refractivity contribution in [2.45, 2.75) is 6.42 Å². The number of anilines is 1. The first-order chi connectivity index (χ1) is 13.1. The zero-order chi connectivity index (χ0) is 19.1. The third kappa shape index (κ3) is 5.15. The van der Waals surface area contributed by atoms with Crippen molar-refractivity contribution in [2.75, 3.05) is 11.9 Å². The van der Waals surface area contributed by atoms with Crippen molar-refractivity contribution in [1.29, 1.82) is 0 Å². The summed E-state index contributed by atoms with van der Waals surface area (Å²) in [5, 5.41) is 13.4. The molecule has 0 aliphatic carbocycles. The van der Waals surface area contributed by atoms with Crippen molar-refractivity contribution in [2.24, 2.45) is 0 Å². The molecule has 6 nitrogen and oxygen atoms in total. The van der Waals surface area contributed by atoms with Crippen LogP contribution in [0.15, 0.2) is 78.9 Å². The lowest BCUT2D eigenvalue weighted by atomic mass is 10.1. The number of non-ortho nitro benzene ring substituents is 1. The van der Waals surface area contributed by atoms with Crippen LogP contribution in [0.2, 0.25) is 0 Å². The Morgan fingerprint density at radius 2 is 1.59 bits per heavy atom. The zero-order valence-corrected chi connectivity index (χ0v) is 14.5. The number of hydrogen-bond donors (Lipinski definition) is 1. The highest BCUT2D eigenvalue weighted by molar-refractivity contribution is 6.04. The van der Waals surface area contributed by atoms with Gasteiger partial charge in [-0.2, -0.15) is 0 Å². The van der Waals surface area contributed by atoms with Crippen molar-refractivity contribution < 1.29 is 14.5 Å². The molecule has 0 unspecified atom stereocenters. The Morgan fingerprint density at radius 3 is 2.22 bits per heavy atom. The number of rotatable bonds is 7. The minimum Gasteiger partial charge on any atom is -0.493 e. The molecule has 3 aromatic carbocycles. The van der Waals surface area contributed by atoms with Gasteiger partial charge >= 0.3 is 0 Å². The van der Waals surface area contributed by atoms with E-state index in [1.54, 1.807) is 24.3 Å². The normalized spacial score (nSPS) is 10.2. The number of nitrogens with zero attached hydrogens (tertiary/aromatic N) is 1. The van der Waals surface area contributed by atoms with Crippen LogP contribution in [0.4, 0.5) is 11.4 Å². The summed E-state index contributed by atoms with van der Waals surface area (Å²) >= 11 is 0. The molecule has 136 valence electrons. The van der Waals surface area contributed by atoms with Crippen molar-refractivity contribution in [3.05, 3.63) is 100 Å². The standard InChI is InChI=1S/C21H18N2O4/c24-21(22-18-8-10-19(11-9-18)23(25)26)17-6-12-20(13-7-17)27-15-14-16-4-2-1-3-5-16/h1-13H,14-15H2,(H,22,24). The van der Waals surface area contributed by atoms with Crippen LogP contribution in [-0.2, 0) is 6.42 Å². The summed E-state index contributed by atoms with van der Waals surface area (Å²) in [6, 6.07) is 22.6. The number of ether oxygens (including phenoxy) is 1. The van der Waals surface area contributed by atoms with E-state index < -0.39 is 4.92 Å². The van der Waals surface area contributed by atoms with Gasteiger partial charge in [-0.15, -0.1) is 0 Å². The maximum atomic E-state index is 12.3. The average molecular weight is 362 g/mol. The summed E-state index contributed by atoms with van der Waals surface area (Å²) < 4.78 is 5.70. The molecule has 0 aliphatic heterocycles. The van der Waals surface area contributed by atoms with Gasteiger partial charge in [0.1, 0.15) is 5.75 Å². The number of nitro benzene ring substituents is 1. The Hall–Kier alpha value is -3.67. The molecule has 0 saturated carbocycles. The summed E-state index contributed by atoms with van der Waals surface area (Å²) in [6.07, 6.45) is 0.809. The Labute approximate surface area is 156 Å². The molecule has 0 saturated heterocycles. The van der Waals surface area contributed by atoms with Gasteiger partial charge < -0.3 is 10.1 Å². The summed E-state index contributed by atoms with van der Waals surface area (Å²) in [4.78, 5) is 22.4. The fourth-order valence-electron chi connectivity index (χ4n) is 2.50. The summed E-state index contributed by atoms with van der Waals surface area (Å²) in [7, 11) is 0. The van der Waals surface area contributed by atoms with Gasteiger partial charge in [-0.1, -0.05) is 30.3 Å². The monoisotopic (exact) mass is 362 g/mol. The van der Waals surface area contributed by atoms with Crippen LogP contribution in [0, 0.1) is 10.1 Å². The second kappa shape index (κ2) is 8.62. The minimum absolute atomic E-state index is 0.0231. The van der Waals surface area contributed by atoms with E-state index in [-0.39, 0.29) is 11.6 Å². The molecule has 27 heavy (non-hydrogen) atoms. The largest absolute Gasteiger partial charge is 0.493 e. The van der Waals surface area contributed by atoms with E-state index in [2.05, 4.69) is 17.4 Å². The fraction of sp³-hybridized carbons (Fsp3) is 0.0952. The molecule has 3 aromatic rings. The predicted molar refractivity (Wildman–Crippen MR) is 103 cm³/mol. The molecule has 0 aromatic heterocycles. The van der Waals surface area contributed by atoms with E-state index in [0.29, 0.717) is 23.6 Å². The number of carbonyl (C=O) groups excluding carboxylic acids is 1. The molecule has 0 heterocycles. The number of nitro groups is 1. The second-order valence-electron chi connectivity index (χ2n) is 5.87. The average Bonchev–Trinajstić information content (AvgIpc) is 2.70. The molecule has 0 atom stereocenters. The number of amides is 1. The van der Waals surface area contributed by atoms with Crippen molar-refractivity contribution in [1.82, 2.24) is 0 Å². The van der Waals surface area contributed by atoms with Crippen molar-refractivity contribution >= 4 is 17.3 Å². The lowest BCUT2D eigenvalue weighted by Crippen LogP contribution is -2.11. The third-order valence-corrected chi connectivity index (χ3v) is 3.95. The molecular weight excluding hydrogens is 344 g/mol. The number of nitrogens with one attached hydrogen (secondary N) is 1. The first-order valence-corrected chi connectivity index (χ1v) is 8.44. The summed E-state index contributed by atoms with van der Waals surface area (Å²) in [5.41, 5.74) is 2.15. The number of hydrogen-bond acceptors (Lipinski definition) is 4. The van der Waals surface area contributed by atoms with Gasteiger partial charge in [0.05, 0.1) is 11.5 Å². The van der Waals surface area contributed by atoms with Crippen LogP contribution < -0.4 is 10.1 Å². The van der Waals surface area contributed by atoms with Crippen LogP contribution >= 0.6 is 0 Å². The third-order valence-electron chi connectivity index (χ3n) is 3.95. The van der Waals surface area contributed by atoms with E-state index >= 15 is 0 Å². The fourth-order valence-corrected chi connectivity index (χ4v) is 2.50. The molecule has 1 amide bonds. The first-order valence-electron chi connectivity index (χ1n) is 8.44. The molecule has 0 bridgehead atoms. The van der Waals surface area contributed by atoms with Gasteiger partial charge in [0, 0.05) is 29.8 Å². The molecule has 3 rings (SSSR count). The van der Waals surface area contributed by atoms with Gasteiger partial charge in [-0.3, -0.25) is 14.9 Å². The van der Waals surface area contributed by atoms with Crippen LogP contribution in [0.25, 0.3) is 0 Å².